The first kappa shape index (κ1) is 31.0. The van der Waals surface area contributed by atoms with Crippen LogP contribution in [0.3, 0.4) is 0 Å². The molecule has 1 N–H and O–H groups in total. The molecule has 0 saturated heterocycles. The Morgan fingerprint density at radius 3 is 2.15 bits per heavy atom. The highest BCUT2D eigenvalue weighted by molar-refractivity contribution is 7.92. The van der Waals surface area contributed by atoms with Gasteiger partial charge in [-0.2, -0.15) is 0 Å². The van der Waals surface area contributed by atoms with Crippen LogP contribution in [0.1, 0.15) is 38.3 Å². The zero-order valence-electron chi connectivity index (χ0n) is 23.3. The van der Waals surface area contributed by atoms with Crippen molar-refractivity contribution in [2.24, 2.45) is 0 Å². The number of anilines is 1. The van der Waals surface area contributed by atoms with E-state index in [-0.39, 0.29) is 17.3 Å². The fraction of sp³-hybridized carbons (Fsp3) is 0.333. The maximum Gasteiger partial charge on any atom is 0.264 e. The van der Waals surface area contributed by atoms with Crippen molar-refractivity contribution in [2.75, 3.05) is 24.0 Å². The molecule has 10 heteroatoms. The Labute approximate surface area is 241 Å². The van der Waals surface area contributed by atoms with Gasteiger partial charge in [0.1, 0.15) is 18.3 Å². The standard InChI is InChI=1S/C30H36ClN3O5S/c1-5-19-32-30(36)23(4)33(20-24-9-11-25(31)12-10-24)29(35)21-34(26-13-7-22(3)8-14-26)40(37,38)28-17-15-27(16-18-28)39-6-2/h7-18,23H,5-6,19-21H2,1-4H3,(H,32,36)/t23-/m1/s1. The molecule has 3 rings (SSSR count). The van der Waals surface area contributed by atoms with Gasteiger partial charge in [-0.25, -0.2) is 8.42 Å². The van der Waals surface area contributed by atoms with E-state index in [1.165, 1.54) is 17.0 Å². The number of sulfonamides is 1. The van der Waals surface area contributed by atoms with Crippen molar-refractivity contribution < 1.29 is 22.7 Å². The lowest BCUT2D eigenvalue weighted by molar-refractivity contribution is -0.139. The summed E-state index contributed by atoms with van der Waals surface area (Å²) >= 11 is 6.04. The van der Waals surface area contributed by atoms with E-state index in [0.717, 1.165) is 21.9 Å². The van der Waals surface area contributed by atoms with Crippen molar-refractivity contribution in [3.8, 4) is 5.75 Å². The van der Waals surface area contributed by atoms with E-state index < -0.39 is 28.5 Å². The number of carbonyl (C=O) groups excluding carboxylic acids is 2. The van der Waals surface area contributed by atoms with E-state index in [2.05, 4.69) is 5.32 Å². The summed E-state index contributed by atoms with van der Waals surface area (Å²) in [5.41, 5.74) is 2.03. The van der Waals surface area contributed by atoms with Crippen LogP contribution in [-0.4, -0.2) is 50.9 Å². The summed E-state index contributed by atoms with van der Waals surface area (Å²) < 4.78 is 34.3. The number of hydrogen-bond acceptors (Lipinski definition) is 5. The predicted molar refractivity (Wildman–Crippen MR) is 158 cm³/mol. The van der Waals surface area contributed by atoms with Gasteiger partial charge in [0.15, 0.2) is 0 Å². The third-order valence-corrected chi connectivity index (χ3v) is 8.35. The highest BCUT2D eigenvalue weighted by Gasteiger charge is 2.32. The molecule has 214 valence electrons. The minimum absolute atomic E-state index is 0.0160. The number of rotatable bonds is 13. The molecule has 0 aromatic heterocycles. The Hall–Kier alpha value is -3.56. The molecule has 0 unspecified atom stereocenters. The van der Waals surface area contributed by atoms with Gasteiger partial charge >= 0.3 is 0 Å². The third-order valence-electron chi connectivity index (χ3n) is 6.31. The van der Waals surface area contributed by atoms with E-state index in [1.54, 1.807) is 67.6 Å². The smallest absolute Gasteiger partial charge is 0.264 e. The van der Waals surface area contributed by atoms with Gasteiger partial charge in [-0.05, 0) is 81.3 Å². The Bertz CT molecular complexity index is 1380. The predicted octanol–water partition coefficient (Wildman–Crippen LogP) is 5.19. The van der Waals surface area contributed by atoms with Crippen molar-refractivity contribution in [1.29, 1.82) is 0 Å². The summed E-state index contributed by atoms with van der Waals surface area (Å²) in [5.74, 6) is -0.301. The molecule has 0 aliphatic rings. The maximum absolute atomic E-state index is 13.9. The van der Waals surface area contributed by atoms with Gasteiger partial charge in [0.2, 0.25) is 11.8 Å². The van der Waals surface area contributed by atoms with E-state index in [9.17, 15) is 18.0 Å². The average molecular weight is 586 g/mol. The molecule has 1 atom stereocenters. The van der Waals surface area contributed by atoms with Crippen LogP contribution in [0.2, 0.25) is 5.02 Å². The fourth-order valence-electron chi connectivity index (χ4n) is 4.01. The molecule has 0 spiro atoms. The minimum Gasteiger partial charge on any atom is -0.494 e. The summed E-state index contributed by atoms with van der Waals surface area (Å²) in [5, 5.41) is 3.37. The van der Waals surface area contributed by atoms with Crippen LogP contribution >= 0.6 is 11.6 Å². The van der Waals surface area contributed by atoms with Gasteiger partial charge in [-0.1, -0.05) is 48.4 Å². The second-order valence-electron chi connectivity index (χ2n) is 9.37. The van der Waals surface area contributed by atoms with Crippen LogP contribution < -0.4 is 14.4 Å². The molecule has 0 bridgehead atoms. The quantitative estimate of drug-likeness (QED) is 0.298. The first-order valence-electron chi connectivity index (χ1n) is 13.2. The van der Waals surface area contributed by atoms with E-state index in [4.69, 9.17) is 16.3 Å². The zero-order chi connectivity index (χ0) is 29.3. The lowest BCUT2D eigenvalue weighted by atomic mass is 10.1. The molecule has 0 fully saturated rings. The first-order chi connectivity index (χ1) is 19.1. The molecule has 3 aromatic rings. The van der Waals surface area contributed by atoms with E-state index >= 15 is 0 Å². The number of benzene rings is 3. The molecule has 0 radical (unpaired) electrons. The molecule has 8 nitrogen and oxygen atoms in total. The van der Waals surface area contributed by atoms with Gasteiger partial charge in [-0.3, -0.25) is 13.9 Å². The summed E-state index contributed by atoms with van der Waals surface area (Å²) in [6.45, 7) is 7.82. The average Bonchev–Trinajstić information content (AvgIpc) is 2.94. The molecule has 0 heterocycles. The topological polar surface area (TPSA) is 96.0 Å². The van der Waals surface area contributed by atoms with Crippen molar-refractivity contribution in [1.82, 2.24) is 10.2 Å². The monoisotopic (exact) mass is 585 g/mol. The van der Waals surface area contributed by atoms with E-state index in [1.807, 2.05) is 20.8 Å². The number of nitrogens with zero attached hydrogens (tertiary/aromatic N) is 2. The summed E-state index contributed by atoms with van der Waals surface area (Å²) in [6, 6.07) is 19.1. The highest BCUT2D eigenvalue weighted by Crippen LogP contribution is 2.26. The molecular weight excluding hydrogens is 550 g/mol. The Balaban J connectivity index is 2.00. The lowest BCUT2D eigenvalue weighted by Gasteiger charge is -2.32. The Morgan fingerprint density at radius 2 is 1.57 bits per heavy atom. The molecule has 0 aliphatic heterocycles. The normalized spacial score (nSPS) is 11.9. The van der Waals surface area contributed by atoms with E-state index in [0.29, 0.717) is 29.6 Å². The van der Waals surface area contributed by atoms with Crippen LogP contribution in [0, 0.1) is 6.92 Å². The second-order valence-corrected chi connectivity index (χ2v) is 11.7. The molecule has 0 saturated carbocycles. The minimum atomic E-state index is -4.15. The van der Waals surface area contributed by atoms with Gasteiger partial charge in [0.25, 0.3) is 10.0 Å². The highest BCUT2D eigenvalue weighted by atomic mass is 35.5. The molecule has 2 amide bonds. The molecule has 0 aliphatic carbocycles. The van der Waals surface area contributed by atoms with Gasteiger partial charge in [0, 0.05) is 18.1 Å². The van der Waals surface area contributed by atoms with Crippen LogP contribution in [0.5, 0.6) is 5.75 Å². The number of nitrogens with one attached hydrogen (secondary N) is 1. The van der Waals surface area contributed by atoms with Crippen LogP contribution in [0.4, 0.5) is 5.69 Å². The second kappa shape index (κ2) is 14.2. The lowest BCUT2D eigenvalue weighted by Crippen LogP contribution is -2.51. The summed E-state index contributed by atoms with van der Waals surface area (Å²) in [6.07, 6.45) is 0.741. The van der Waals surface area contributed by atoms with Crippen molar-refractivity contribution >= 4 is 39.1 Å². The fourth-order valence-corrected chi connectivity index (χ4v) is 5.55. The van der Waals surface area contributed by atoms with Gasteiger partial charge in [-0.15, -0.1) is 0 Å². The molecule has 3 aromatic carbocycles. The van der Waals surface area contributed by atoms with Crippen LogP contribution in [0.15, 0.2) is 77.7 Å². The zero-order valence-corrected chi connectivity index (χ0v) is 24.8. The molecule has 40 heavy (non-hydrogen) atoms. The van der Waals surface area contributed by atoms with Gasteiger partial charge in [0.05, 0.1) is 17.2 Å². The Morgan fingerprint density at radius 1 is 0.950 bits per heavy atom. The number of carbonyl (C=O) groups is 2. The third kappa shape index (κ3) is 7.99. The summed E-state index contributed by atoms with van der Waals surface area (Å²) in [7, 11) is -4.15. The largest absolute Gasteiger partial charge is 0.494 e. The number of ether oxygens (including phenoxy) is 1. The number of aryl methyl sites for hydroxylation is 1. The number of amides is 2. The SMILES string of the molecule is CCCNC(=O)[C@@H](C)N(Cc1ccc(Cl)cc1)C(=O)CN(c1ccc(C)cc1)S(=O)(=O)c1ccc(OCC)cc1. The molecular formula is C30H36ClN3O5S. The van der Waals surface area contributed by atoms with Gasteiger partial charge < -0.3 is 15.0 Å². The number of halogens is 1. The first-order valence-corrected chi connectivity index (χ1v) is 15.0. The van der Waals surface area contributed by atoms with Crippen LogP contribution in [0.25, 0.3) is 0 Å². The number of hydrogen-bond donors (Lipinski definition) is 1. The van der Waals surface area contributed by atoms with Crippen LogP contribution in [-0.2, 0) is 26.2 Å². The summed E-state index contributed by atoms with van der Waals surface area (Å²) in [4.78, 5) is 28.2. The Kier molecular flexibility index (Phi) is 11.0. The van der Waals surface area contributed by atoms with Crippen molar-refractivity contribution in [3.63, 3.8) is 0 Å². The van der Waals surface area contributed by atoms with Crippen molar-refractivity contribution in [3.05, 3.63) is 88.9 Å². The van der Waals surface area contributed by atoms with Crippen molar-refractivity contribution in [2.45, 2.75) is 51.6 Å². The maximum atomic E-state index is 13.9.